The Kier molecular flexibility index (Phi) is 4.33. The van der Waals surface area contributed by atoms with Crippen LogP contribution in [0.2, 0.25) is 0 Å². The highest BCUT2D eigenvalue weighted by Gasteiger charge is 2.35. The molecule has 1 rings (SSSR count). The number of nitrogens with two attached hydrogens (primary N) is 1. The molecule has 0 bridgehead atoms. The van der Waals surface area contributed by atoms with Crippen LogP contribution in [-0.4, -0.2) is 29.3 Å². The van der Waals surface area contributed by atoms with Crippen molar-refractivity contribution in [3.63, 3.8) is 0 Å². The third-order valence-corrected chi connectivity index (χ3v) is 3.06. The second-order valence-corrected chi connectivity index (χ2v) is 5.76. The summed E-state index contributed by atoms with van der Waals surface area (Å²) in [7, 11) is 0. The third kappa shape index (κ3) is 3.76. The minimum Gasteiger partial charge on any atom is -0.479 e. The van der Waals surface area contributed by atoms with Gasteiger partial charge < -0.3 is 15.6 Å². The maximum Gasteiger partial charge on any atom is 0.333 e. The van der Waals surface area contributed by atoms with Crippen molar-refractivity contribution in [1.82, 2.24) is 0 Å². The zero-order valence-electron chi connectivity index (χ0n) is 10.4. The lowest BCUT2D eigenvalue weighted by Gasteiger charge is -2.33. The molecule has 4 heteroatoms. The Hall–Kier alpha value is -0.610. The molecule has 0 aromatic rings. The fraction of sp³-hybridized carbons (Fsp3) is 0.917. The maximum absolute atomic E-state index is 11.1. The molecule has 0 saturated heterocycles. The van der Waals surface area contributed by atoms with Gasteiger partial charge in [0.2, 0.25) is 0 Å². The van der Waals surface area contributed by atoms with Crippen molar-refractivity contribution in [3.8, 4) is 0 Å². The quantitative estimate of drug-likeness (QED) is 0.773. The molecule has 0 amide bonds. The van der Waals surface area contributed by atoms with E-state index in [9.17, 15) is 4.79 Å². The molecule has 94 valence electrons. The summed E-state index contributed by atoms with van der Waals surface area (Å²) in [6.45, 7) is 5.67. The van der Waals surface area contributed by atoms with Crippen molar-refractivity contribution in [2.24, 2.45) is 11.1 Å². The minimum absolute atomic E-state index is 0.0557. The number of hydrogen-bond donors (Lipinski definition) is 2. The van der Waals surface area contributed by atoms with Gasteiger partial charge in [0.1, 0.15) is 0 Å². The highest BCUT2D eigenvalue weighted by Crippen LogP contribution is 2.28. The molecule has 0 aromatic carbocycles. The van der Waals surface area contributed by atoms with Crippen molar-refractivity contribution in [3.05, 3.63) is 0 Å². The van der Waals surface area contributed by atoms with Gasteiger partial charge in [-0.3, -0.25) is 0 Å². The van der Waals surface area contributed by atoms with Crippen LogP contribution in [0.5, 0.6) is 0 Å². The number of carboxylic acid groups (broad SMARTS) is 1. The number of aliphatic carboxylic acids is 1. The van der Waals surface area contributed by atoms with Crippen molar-refractivity contribution in [2.45, 2.75) is 64.7 Å². The first-order valence-corrected chi connectivity index (χ1v) is 5.94. The first kappa shape index (κ1) is 13.5. The summed E-state index contributed by atoms with van der Waals surface area (Å²) in [6.07, 6.45) is 2.94. The number of ether oxygens (including phenoxy) is 1. The predicted molar refractivity (Wildman–Crippen MR) is 62.2 cm³/mol. The number of hydrogen-bond acceptors (Lipinski definition) is 3. The summed E-state index contributed by atoms with van der Waals surface area (Å²) in [5, 5.41) is 9.14. The average molecular weight is 229 g/mol. The topological polar surface area (TPSA) is 72.5 Å². The highest BCUT2D eigenvalue weighted by atomic mass is 16.5. The average Bonchev–Trinajstić information content (AvgIpc) is 2.14. The van der Waals surface area contributed by atoms with Gasteiger partial charge in [-0.25, -0.2) is 4.79 Å². The summed E-state index contributed by atoms with van der Waals surface area (Å²) in [5.41, 5.74) is 5.43. The Morgan fingerprint density at radius 3 is 2.19 bits per heavy atom. The van der Waals surface area contributed by atoms with Crippen LogP contribution in [0.25, 0.3) is 0 Å². The van der Waals surface area contributed by atoms with Gasteiger partial charge in [-0.1, -0.05) is 20.8 Å². The van der Waals surface area contributed by atoms with Crippen LogP contribution in [0.1, 0.15) is 46.5 Å². The predicted octanol–water partition coefficient (Wildman–Crippen LogP) is 1.77. The van der Waals surface area contributed by atoms with Gasteiger partial charge in [0.15, 0.2) is 6.10 Å². The molecule has 3 N–H and O–H groups in total. The van der Waals surface area contributed by atoms with Gasteiger partial charge in [-0.05, 0) is 31.1 Å². The minimum atomic E-state index is -0.873. The number of carboxylic acids is 1. The zero-order chi connectivity index (χ0) is 12.3. The zero-order valence-corrected chi connectivity index (χ0v) is 10.4. The Morgan fingerprint density at radius 1 is 1.31 bits per heavy atom. The van der Waals surface area contributed by atoms with E-state index in [1.54, 1.807) is 0 Å². The van der Waals surface area contributed by atoms with E-state index in [-0.39, 0.29) is 17.6 Å². The monoisotopic (exact) mass is 229 g/mol. The smallest absolute Gasteiger partial charge is 0.333 e. The summed E-state index contributed by atoms with van der Waals surface area (Å²) in [5.74, 6) is -0.873. The molecule has 0 aromatic heterocycles. The molecule has 1 atom stereocenters. The van der Waals surface area contributed by atoms with Gasteiger partial charge in [-0.15, -0.1) is 0 Å². The van der Waals surface area contributed by atoms with Crippen LogP contribution in [0, 0.1) is 5.41 Å². The van der Waals surface area contributed by atoms with E-state index in [1.807, 2.05) is 20.8 Å². The first-order valence-electron chi connectivity index (χ1n) is 5.94. The molecular formula is C12H23NO3. The third-order valence-electron chi connectivity index (χ3n) is 3.06. The van der Waals surface area contributed by atoms with Crippen LogP contribution in [0.3, 0.4) is 0 Å². The molecule has 0 heterocycles. The van der Waals surface area contributed by atoms with E-state index in [0.717, 1.165) is 25.7 Å². The molecule has 1 unspecified atom stereocenters. The summed E-state index contributed by atoms with van der Waals surface area (Å²) >= 11 is 0. The molecule has 16 heavy (non-hydrogen) atoms. The normalized spacial score (nSPS) is 28.8. The van der Waals surface area contributed by atoms with Crippen LogP contribution in [0.15, 0.2) is 0 Å². The fourth-order valence-corrected chi connectivity index (χ4v) is 2.05. The standard InChI is InChI=1S/C12H23NO3/c1-12(2,3)10(11(14)15)16-9-6-4-8(13)5-7-9/h8-10H,4-7,13H2,1-3H3,(H,14,15). The lowest BCUT2D eigenvalue weighted by Crippen LogP contribution is -2.41. The lowest BCUT2D eigenvalue weighted by atomic mass is 9.88. The maximum atomic E-state index is 11.1. The Labute approximate surface area is 97.2 Å². The Bertz CT molecular complexity index is 239. The van der Waals surface area contributed by atoms with Gasteiger partial charge in [0.25, 0.3) is 0 Å². The second-order valence-electron chi connectivity index (χ2n) is 5.76. The summed E-state index contributed by atoms with van der Waals surface area (Å²) in [4.78, 5) is 11.1. The fourth-order valence-electron chi connectivity index (χ4n) is 2.05. The SMILES string of the molecule is CC(C)(C)C(OC1CCC(N)CC1)C(=O)O. The Balaban J connectivity index is 2.53. The molecule has 0 aliphatic heterocycles. The molecule has 0 spiro atoms. The second kappa shape index (κ2) is 5.15. The van der Waals surface area contributed by atoms with Gasteiger partial charge >= 0.3 is 5.97 Å². The largest absolute Gasteiger partial charge is 0.479 e. The van der Waals surface area contributed by atoms with E-state index < -0.39 is 12.1 Å². The van der Waals surface area contributed by atoms with Crippen molar-refractivity contribution in [1.29, 1.82) is 0 Å². The van der Waals surface area contributed by atoms with Crippen molar-refractivity contribution in [2.75, 3.05) is 0 Å². The van der Waals surface area contributed by atoms with E-state index in [0.29, 0.717) is 0 Å². The highest BCUT2D eigenvalue weighted by molar-refractivity contribution is 5.73. The molecule has 4 nitrogen and oxygen atoms in total. The van der Waals surface area contributed by atoms with E-state index in [2.05, 4.69) is 0 Å². The first-order chi connectivity index (χ1) is 7.30. The van der Waals surface area contributed by atoms with Crippen molar-refractivity contribution < 1.29 is 14.6 Å². The molecule has 1 saturated carbocycles. The van der Waals surface area contributed by atoms with Crippen LogP contribution in [0.4, 0.5) is 0 Å². The van der Waals surface area contributed by atoms with Crippen LogP contribution < -0.4 is 5.73 Å². The van der Waals surface area contributed by atoms with Gasteiger partial charge in [0, 0.05) is 6.04 Å². The number of carbonyl (C=O) groups is 1. The van der Waals surface area contributed by atoms with E-state index >= 15 is 0 Å². The van der Waals surface area contributed by atoms with Crippen LogP contribution in [-0.2, 0) is 9.53 Å². The van der Waals surface area contributed by atoms with Gasteiger partial charge in [-0.2, -0.15) is 0 Å². The Morgan fingerprint density at radius 2 is 1.81 bits per heavy atom. The summed E-state index contributed by atoms with van der Waals surface area (Å²) < 4.78 is 5.71. The molecule has 1 aliphatic rings. The number of rotatable bonds is 3. The lowest BCUT2D eigenvalue weighted by molar-refractivity contribution is -0.165. The van der Waals surface area contributed by atoms with Crippen molar-refractivity contribution >= 4 is 5.97 Å². The van der Waals surface area contributed by atoms with E-state index in [1.165, 1.54) is 0 Å². The molecular weight excluding hydrogens is 206 g/mol. The molecule has 1 fully saturated rings. The van der Waals surface area contributed by atoms with E-state index in [4.69, 9.17) is 15.6 Å². The summed E-state index contributed by atoms with van der Waals surface area (Å²) in [6, 6.07) is 0.262. The molecule has 1 aliphatic carbocycles. The van der Waals surface area contributed by atoms with Gasteiger partial charge in [0.05, 0.1) is 6.10 Å². The van der Waals surface area contributed by atoms with Crippen LogP contribution >= 0.6 is 0 Å². The molecule has 0 radical (unpaired) electrons.